The predicted molar refractivity (Wildman–Crippen MR) is 114 cm³/mol. The molecule has 1 N–H and O–H groups in total. The Morgan fingerprint density at radius 2 is 1.79 bits per heavy atom. The van der Waals surface area contributed by atoms with Crippen LogP contribution in [0.5, 0.6) is 11.5 Å². The Bertz CT molecular complexity index is 1000. The van der Waals surface area contributed by atoms with Crippen molar-refractivity contribution in [1.82, 2.24) is 10.2 Å². The summed E-state index contributed by atoms with van der Waals surface area (Å²) in [7, 11) is 3.31. The Labute approximate surface area is 175 Å². The van der Waals surface area contributed by atoms with Gasteiger partial charge in [0.05, 0.1) is 18.7 Å². The van der Waals surface area contributed by atoms with Crippen LogP contribution in [0.1, 0.15) is 35.8 Å². The number of nitrogens with one attached hydrogen (secondary N) is 1. The molecule has 2 aromatic rings. The van der Waals surface area contributed by atoms with Gasteiger partial charge in [-0.05, 0) is 55.9 Å². The Morgan fingerprint density at radius 1 is 1.10 bits per heavy atom. The van der Waals surface area contributed by atoms with Crippen LogP contribution in [-0.4, -0.2) is 35.9 Å². The van der Waals surface area contributed by atoms with Crippen LogP contribution in [0.15, 0.2) is 59.8 Å². The lowest BCUT2D eigenvalue weighted by molar-refractivity contribution is -0.114. The third-order valence-electron chi connectivity index (χ3n) is 4.87. The van der Waals surface area contributed by atoms with Crippen LogP contribution in [0.2, 0.25) is 0 Å². The van der Waals surface area contributed by atoms with E-state index in [4.69, 9.17) is 21.7 Å². The molecule has 2 aromatic carbocycles. The van der Waals surface area contributed by atoms with Crippen LogP contribution < -0.4 is 14.8 Å². The van der Waals surface area contributed by atoms with Crippen molar-refractivity contribution < 1.29 is 19.1 Å². The molecule has 0 aliphatic carbocycles. The molecular formula is C22H22N2O4S. The maximum atomic E-state index is 12.4. The summed E-state index contributed by atoms with van der Waals surface area (Å²) in [6.45, 7) is 3.40. The highest BCUT2D eigenvalue weighted by Crippen LogP contribution is 2.36. The summed E-state index contributed by atoms with van der Waals surface area (Å²) in [5, 5.41) is 3.72. The van der Waals surface area contributed by atoms with Gasteiger partial charge in [-0.25, -0.2) is 4.79 Å². The summed E-state index contributed by atoms with van der Waals surface area (Å²) in [5.74, 6) is 0.160. The molecule has 6 nitrogen and oxygen atoms in total. The van der Waals surface area contributed by atoms with E-state index in [0.717, 1.165) is 11.3 Å². The van der Waals surface area contributed by atoms with Crippen molar-refractivity contribution in [2.75, 3.05) is 14.2 Å². The second-order valence-electron chi connectivity index (χ2n) is 6.66. The molecule has 0 fully saturated rings. The molecule has 150 valence electrons. The van der Waals surface area contributed by atoms with Crippen LogP contribution in [0.25, 0.3) is 0 Å². The molecular weight excluding hydrogens is 388 g/mol. The van der Waals surface area contributed by atoms with Crippen molar-refractivity contribution in [3.63, 3.8) is 0 Å². The fourth-order valence-electron chi connectivity index (χ4n) is 3.22. The number of benzene rings is 2. The molecule has 1 heterocycles. The molecule has 0 saturated heterocycles. The minimum absolute atomic E-state index is 0.0482. The molecule has 29 heavy (non-hydrogen) atoms. The van der Waals surface area contributed by atoms with E-state index in [1.165, 1.54) is 14.0 Å². The van der Waals surface area contributed by atoms with Gasteiger partial charge in [-0.3, -0.25) is 4.79 Å². The lowest BCUT2D eigenvalue weighted by atomic mass is 9.92. The van der Waals surface area contributed by atoms with Gasteiger partial charge < -0.3 is 19.7 Å². The van der Waals surface area contributed by atoms with Gasteiger partial charge in [-0.15, -0.1) is 0 Å². The van der Waals surface area contributed by atoms with E-state index in [1.807, 2.05) is 20.0 Å². The number of nitrogens with zero attached hydrogens (tertiary/aromatic N) is 1. The highest BCUT2D eigenvalue weighted by molar-refractivity contribution is 7.80. The summed E-state index contributed by atoms with van der Waals surface area (Å²) in [4.78, 5) is 26.4. The Morgan fingerprint density at radius 3 is 2.41 bits per heavy atom. The average molecular weight is 410 g/mol. The van der Waals surface area contributed by atoms with Crippen LogP contribution in [0.4, 0.5) is 0 Å². The van der Waals surface area contributed by atoms with Gasteiger partial charge >= 0.3 is 5.97 Å². The van der Waals surface area contributed by atoms with E-state index in [-0.39, 0.29) is 5.78 Å². The van der Waals surface area contributed by atoms with Crippen molar-refractivity contribution in [2.45, 2.75) is 19.9 Å². The molecule has 1 unspecified atom stereocenters. The molecule has 0 saturated carbocycles. The van der Waals surface area contributed by atoms with Crippen molar-refractivity contribution in [3.8, 4) is 11.5 Å². The van der Waals surface area contributed by atoms with Crippen LogP contribution in [0, 0.1) is 0 Å². The number of methoxy groups -OCH3 is 1. The highest BCUT2D eigenvalue weighted by Gasteiger charge is 2.31. The highest BCUT2D eigenvalue weighted by atomic mass is 32.1. The first-order valence-corrected chi connectivity index (χ1v) is 9.45. The quantitative estimate of drug-likeness (QED) is 0.459. The zero-order valence-corrected chi connectivity index (χ0v) is 17.5. The first kappa shape index (κ1) is 20.5. The number of ketones is 1. The second-order valence-corrected chi connectivity index (χ2v) is 7.05. The number of allylic oxidation sites excluding steroid dienone is 1. The molecule has 0 bridgehead atoms. The molecule has 1 aliphatic rings. The number of rotatable bonds is 5. The number of hydrogen-bond acceptors (Lipinski definition) is 5. The summed E-state index contributed by atoms with van der Waals surface area (Å²) in [5.41, 5.74) is 2.64. The van der Waals surface area contributed by atoms with Gasteiger partial charge in [0.25, 0.3) is 0 Å². The molecule has 1 atom stereocenters. The molecule has 0 aromatic heterocycles. The second kappa shape index (κ2) is 8.45. The fraction of sp³-hybridized carbons (Fsp3) is 0.227. The van der Waals surface area contributed by atoms with Crippen LogP contribution in [0.3, 0.4) is 0 Å². The van der Waals surface area contributed by atoms with Gasteiger partial charge in [0.2, 0.25) is 0 Å². The summed E-state index contributed by atoms with van der Waals surface area (Å²) >= 11 is 5.39. The van der Waals surface area contributed by atoms with Crippen molar-refractivity contribution in [2.24, 2.45) is 0 Å². The first-order valence-electron chi connectivity index (χ1n) is 9.04. The normalized spacial score (nSPS) is 16.3. The number of carbonyl (C=O) groups is 2. The number of ether oxygens (including phenoxy) is 2. The third-order valence-corrected chi connectivity index (χ3v) is 5.26. The van der Waals surface area contributed by atoms with Crippen molar-refractivity contribution in [3.05, 3.63) is 70.9 Å². The number of carbonyl (C=O) groups excluding carboxylic acids is 2. The maximum absolute atomic E-state index is 12.4. The van der Waals surface area contributed by atoms with E-state index < -0.39 is 12.0 Å². The van der Waals surface area contributed by atoms with Gasteiger partial charge in [0.1, 0.15) is 0 Å². The zero-order valence-electron chi connectivity index (χ0n) is 16.7. The van der Waals surface area contributed by atoms with Crippen molar-refractivity contribution in [1.29, 1.82) is 0 Å². The zero-order chi connectivity index (χ0) is 21.1. The molecule has 7 heteroatoms. The van der Waals surface area contributed by atoms with E-state index in [0.29, 0.717) is 27.7 Å². The Kier molecular flexibility index (Phi) is 5.98. The van der Waals surface area contributed by atoms with E-state index in [2.05, 4.69) is 5.32 Å². The minimum Gasteiger partial charge on any atom is -0.493 e. The average Bonchev–Trinajstić information content (AvgIpc) is 2.72. The molecule has 0 radical (unpaired) electrons. The Balaban J connectivity index is 1.95. The minimum atomic E-state index is -0.476. The maximum Gasteiger partial charge on any atom is 0.343 e. The van der Waals surface area contributed by atoms with Gasteiger partial charge in [-0.2, -0.15) is 0 Å². The van der Waals surface area contributed by atoms with Gasteiger partial charge in [0.15, 0.2) is 22.4 Å². The third kappa shape index (κ3) is 4.14. The number of hydrogen-bond donors (Lipinski definition) is 1. The van der Waals surface area contributed by atoms with Crippen LogP contribution >= 0.6 is 12.2 Å². The SMILES string of the molecule is COc1cc(C2NC(=S)N(C)C(C)=C2C(C)=O)ccc1OC(=O)c1ccccc1. The number of thiocarbonyl (C=S) groups is 1. The standard InChI is InChI=1S/C22H22N2O4S/c1-13-19(14(2)25)20(23-22(29)24(13)3)16-10-11-17(18(12-16)27-4)28-21(26)15-8-6-5-7-9-15/h5-12,20H,1-4H3,(H,23,29). The first-order chi connectivity index (χ1) is 13.8. The lowest BCUT2D eigenvalue weighted by Gasteiger charge is -2.35. The molecule has 0 amide bonds. The smallest absolute Gasteiger partial charge is 0.343 e. The summed E-state index contributed by atoms with van der Waals surface area (Å²) < 4.78 is 10.9. The lowest BCUT2D eigenvalue weighted by Crippen LogP contribution is -2.45. The van der Waals surface area contributed by atoms with E-state index in [9.17, 15) is 9.59 Å². The fourth-order valence-corrected chi connectivity index (χ4v) is 3.48. The number of Topliss-reactive ketones (excluding diaryl/α,β-unsaturated/α-hetero) is 1. The predicted octanol–water partition coefficient (Wildman–Crippen LogP) is 3.64. The van der Waals surface area contributed by atoms with Gasteiger partial charge in [-0.1, -0.05) is 24.3 Å². The summed E-state index contributed by atoms with van der Waals surface area (Å²) in [6, 6.07) is 13.5. The number of esters is 1. The molecule has 1 aliphatic heterocycles. The molecule has 3 rings (SSSR count). The van der Waals surface area contributed by atoms with E-state index in [1.54, 1.807) is 47.4 Å². The van der Waals surface area contributed by atoms with Crippen LogP contribution in [-0.2, 0) is 4.79 Å². The largest absolute Gasteiger partial charge is 0.493 e. The topological polar surface area (TPSA) is 67.9 Å². The summed E-state index contributed by atoms with van der Waals surface area (Å²) in [6.07, 6.45) is 0. The van der Waals surface area contributed by atoms with Gasteiger partial charge in [0, 0.05) is 18.3 Å². The Hall–Kier alpha value is -3.19. The van der Waals surface area contributed by atoms with Crippen molar-refractivity contribution >= 4 is 29.1 Å². The monoisotopic (exact) mass is 410 g/mol. The molecule has 0 spiro atoms. The van der Waals surface area contributed by atoms with E-state index >= 15 is 0 Å².